The molecule has 1 atom stereocenters. The van der Waals surface area contributed by atoms with Crippen LogP contribution in [0.1, 0.15) is 37.3 Å². The Kier molecular flexibility index (Phi) is 4.92. The Morgan fingerprint density at radius 2 is 1.86 bits per heavy atom. The highest BCUT2D eigenvalue weighted by molar-refractivity contribution is 5.93. The van der Waals surface area contributed by atoms with Crippen LogP contribution in [0.3, 0.4) is 0 Å². The molecule has 1 aliphatic heterocycles. The lowest BCUT2D eigenvalue weighted by Crippen LogP contribution is -2.34. The first-order valence-corrected chi connectivity index (χ1v) is 6.85. The molecule has 1 aromatic rings. The maximum Gasteiger partial charge on any atom is 0.417 e. The number of cyclic esters (lactones) is 1. The molecule has 6 heteroatoms. The monoisotopic (exact) mass is 291 g/mol. The van der Waals surface area contributed by atoms with Gasteiger partial charge >= 0.3 is 12.1 Å². The van der Waals surface area contributed by atoms with Gasteiger partial charge in [0.15, 0.2) is 0 Å². The van der Waals surface area contributed by atoms with Crippen LogP contribution >= 0.6 is 0 Å². The van der Waals surface area contributed by atoms with E-state index in [1.165, 1.54) is 0 Å². The third-order valence-corrected chi connectivity index (χ3v) is 3.36. The first kappa shape index (κ1) is 15.0. The van der Waals surface area contributed by atoms with Crippen LogP contribution in [-0.4, -0.2) is 34.6 Å². The molecule has 1 heterocycles. The van der Waals surface area contributed by atoms with Crippen molar-refractivity contribution in [2.24, 2.45) is 0 Å². The number of nitrogens with zero attached hydrogens (tertiary/aromatic N) is 1. The third kappa shape index (κ3) is 3.81. The van der Waals surface area contributed by atoms with Crippen molar-refractivity contribution in [2.45, 2.75) is 31.7 Å². The van der Waals surface area contributed by atoms with Gasteiger partial charge in [-0.1, -0.05) is 30.3 Å². The Morgan fingerprint density at radius 3 is 2.52 bits per heavy atom. The van der Waals surface area contributed by atoms with Gasteiger partial charge in [-0.3, -0.25) is 9.59 Å². The number of ether oxygens (including phenoxy) is 1. The predicted octanol–water partition coefficient (Wildman–Crippen LogP) is 2.35. The van der Waals surface area contributed by atoms with Crippen molar-refractivity contribution in [1.29, 1.82) is 0 Å². The van der Waals surface area contributed by atoms with Crippen LogP contribution in [-0.2, 0) is 14.3 Å². The van der Waals surface area contributed by atoms with Crippen molar-refractivity contribution < 1.29 is 24.2 Å². The van der Waals surface area contributed by atoms with Crippen molar-refractivity contribution in [3.8, 4) is 0 Å². The molecule has 1 saturated heterocycles. The van der Waals surface area contributed by atoms with E-state index in [0.717, 1.165) is 10.5 Å². The van der Waals surface area contributed by atoms with Gasteiger partial charge in [0, 0.05) is 12.8 Å². The largest absolute Gasteiger partial charge is 0.481 e. The first-order valence-electron chi connectivity index (χ1n) is 6.85. The fraction of sp³-hybridized carbons (Fsp3) is 0.400. The van der Waals surface area contributed by atoms with E-state index < -0.39 is 18.1 Å². The number of carboxylic acid groups (broad SMARTS) is 1. The quantitative estimate of drug-likeness (QED) is 0.813. The van der Waals surface area contributed by atoms with Crippen LogP contribution in [0.4, 0.5) is 4.79 Å². The summed E-state index contributed by atoms with van der Waals surface area (Å²) in [6.07, 6.45) is 0.397. The van der Waals surface area contributed by atoms with E-state index in [1.54, 1.807) is 0 Å². The molecule has 0 aliphatic carbocycles. The summed E-state index contributed by atoms with van der Waals surface area (Å²) in [6, 6.07) is 8.83. The second-order valence-electron chi connectivity index (χ2n) is 4.87. The average molecular weight is 291 g/mol. The minimum absolute atomic E-state index is 0.0276. The molecule has 0 saturated carbocycles. The van der Waals surface area contributed by atoms with Crippen LogP contribution in [0.5, 0.6) is 0 Å². The summed E-state index contributed by atoms with van der Waals surface area (Å²) >= 11 is 0. The molecule has 1 aromatic carbocycles. The number of hydrogen-bond acceptors (Lipinski definition) is 4. The third-order valence-electron chi connectivity index (χ3n) is 3.36. The number of amides is 2. The maximum absolute atomic E-state index is 12.2. The number of aliphatic carboxylic acids is 1. The number of unbranched alkanes of at least 4 members (excludes halogenated alkanes) is 1. The van der Waals surface area contributed by atoms with E-state index >= 15 is 0 Å². The van der Waals surface area contributed by atoms with Crippen molar-refractivity contribution in [3.63, 3.8) is 0 Å². The molecule has 0 radical (unpaired) electrons. The normalized spacial score (nSPS) is 17.6. The number of carboxylic acids is 1. The molecule has 0 bridgehead atoms. The van der Waals surface area contributed by atoms with Crippen LogP contribution in [0.2, 0.25) is 0 Å². The lowest BCUT2D eigenvalue weighted by molar-refractivity contribution is -0.137. The van der Waals surface area contributed by atoms with Gasteiger partial charge < -0.3 is 9.84 Å². The lowest BCUT2D eigenvalue weighted by Gasteiger charge is -2.19. The van der Waals surface area contributed by atoms with E-state index in [2.05, 4.69) is 0 Å². The SMILES string of the molecule is O=C(O)CCCCC(=O)N1C(=O)OC[C@@H]1c1ccccc1. The number of carbonyl (C=O) groups is 3. The Morgan fingerprint density at radius 1 is 1.19 bits per heavy atom. The van der Waals surface area contributed by atoms with Crippen molar-refractivity contribution in [2.75, 3.05) is 6.61 Å². The highest BCUT2D eigenvalue weighted by atomic mass is 16.6. The van der Waals surface area contributed by atoms with Crippen LogP contribution in [0.15, 0.2) is 30.3 Å². The maximum atomic E-state index is 12.2. The molecular weight excluding hydrogens is 274 g/mol. The standard InChI is InChI=1S/C15H17NO5/c17-13(8-4-5-9-14(18)19)16-12(10-21-15(16)20)11-6-2-1-3-7-11/h1-3,6-7,12H,4-5,8-10H2,(H,18,19)/t12-/m1/s1. The van der Waals surface area contributed by atoms with Gasteiger partial charge in [-0.25, -0.2) is 9.69 Å². The van der Waals surface area contributed by atoms with E-state index in [4.69, 9.17) is 9.84 Å². The van der Waals surface area contributed by atoms with Gasteiger partial charge in [-0.05, 0) is 18.4 Å². The smallest absolute Gasteiger partial charge is 0.417 e. The van der Waals surface area contributed by atoms with Crippen molar-refractivity contribution >= 4 is 18.0 Å². The van der Waals surface area contributed by atoms with Gasteiger partial charge in [0.05, 0.1) is 0 Å². The predicted molar refractivity (Wildman–Crippen MR) is 73.5 cm³/mol. The highest BCUT2D eigenvalue weighted by Crippen LogP contribution is 2.28. The summed E-state index contributed by atoms with van der Waals surface area (Å²) in [5.74, 6) is -1.21. The summed E-state index contributed by atoms with van der Waals surface area (Å²) in [4.78, 5) is 35.4. The molecule has 112 valence electrons. The summed E-state index contributed by atoms with van der Waals surface area (Å²) in [5.41, 5.74) is 0.849. The van der Waals surface area contributed by atoms with Gasteiger partial charge in [0.2, 0.25) is 5.91 Å². The van der Waals surface area contributed by atoms with E-state index in [-0.39, 0.29) is 25.4 Å². The number of hydrogen-bond donors (Lipinski definition) is 1. The minimum Gasteiger partial charge on any atom is -0.481 e. The first-order chi connectivity index (χ1) is 10.1. The molecule has 1 N–H and O–H groups in total. The number of carbonyl (C=O) groups excluding carboxylic acids is 2. The average Bonchev–Trinajstić information content (AvgIpc) is 2.86. The number of rotatable bonds is 6. The molecule has 2 amide bonds. The van der Waals surface area contributed by atoms with Crippen LogP contribution in [0.25, 0.3) is 0 Å². The van der Waals surface area contributed by atoms with Gasteiger partial charge in [0.1, 0.15) is 12.6 Å². The van der Waals surface area contributed by atoms with Crippen molar-refractivity contribution in [1.82, 2.24) is 4.90 Å². The Labute approximate surface area is 122 Å². The fourth-order valence-corrected chi connectivity index (χ4v) is 2.29. The second kappa shape index (κ2) is 6.88. The zero-order valence-corrected chi connectivity index (χ0v) is 11.5. The fourth-order valence-electron chi connectivity index (χ4n) is 2.29. The van der Waals surface area contributed by atoms with Crippen molar-refractivity contribution in [3.05, 3.63) is 35.9 Å². The Bertz CT molecular complexity index is 528. The molecule has 0 spiro atoms. The molecule has 1 fully saturated rings. The number of imide groups is 1. The number of benzene rings is 1. The molecule has 6 nitrogen and oxygen atoms in total. The highest BCUT2D eigenvalue weighted by Gasteiger charge is 2.38. The summed E-state index contributed by atoms with van der Waals surface area (Å²) in [7, 11) is 0. The Balaban J connectivity index is 1.97. The van der Waals surface area contributed by atoms with Gasteiger partial charge in [0.25, 0.3) is 0 Å². The molecule has 0 unspecified atom stereocenters. The second-order valence-corrected chi connectivity index (χ2v) is 4.87. The molecular formula is C15H17NO5. The van der Waals surface area contributed by atoms with Gasteiger partial charge in [-0.2, -0.15) is 0 Å². The minimum atomic E-state index is -0.884. The van der Waals surface area contributed by atoms with E-state index in [0.29, 0.717) is 12.8 Å². The zero-order valence-electron chi connectivity index (χ0n) is 11.5. The summed E-state index contributed by atoms with van der Waals surface area (Å²) in [6.45, 7) is 0.156. The summed E-state index contributed by atoms with van der Waals surface area (Å²) < 4.78 is 4.97. The molecule has 0 aromatic heterocycles. The van der Waals surface area contributed by atoms with E-state index in [1.807, 2.05) is 30.3 Å². The Hall–Kier alpha value is -2.37. The van der Waals surface area contributed by atoms with Crippen LogP contribution < -0.4 is 0 Å². The molecule has 1 aliphatic rings. The summed E-state index contributed by atoms with van der Waals surface area (Å²) in [5, 5.41) is 8.55. The zero-order chi connectivity index (χ0) is 15.2. The lowest BCUT2D eigenvalue weighted by atomic mass is 10.1. The van der Waals surface area contributed by atoms with Gasteiger partial charge in [-0.15, -0.1) is 0 Å². The molecule has 21 heavy (non-hydrogen) atoms. The topological polar surface area (TPSA) is 83.9 Å². The van der Waals surface area contributed by atoms with E-state index in [9.17, 15) is 14.4 Å². The van der Waals surface area contributed by atoms with Crippen LogP contribution in [0, 0.1) is 0 Å². The molecule has 2 rings (SSSR count).